The fourth-order valence-electron chi connectivity index (χ4n) is 0.0894. The summed E-state index contributed by atoms with van der Waals surface area (Å²) in [6, 6.07) is 0. The van der Waals surface area contributed by atoms with Gasteiger partial charge in [0.1, 0.15) is 0 Å². The molecule has 0 aliphatic carbocycles. The van der Waals surface area contributed by atoms with Crippen LogP contribution < -0.4 is 0 Å². The summed E-state index contributed by atoms with van der Waals surface area (Å²) >= 11 is 0. The summed E-state index contributed by atoms with van der Waals surface area (Å²) in [5.74, 6) is 0. The normalized spacial score (nSPS) is 10.0. The molecule has 0 spiro atoms. The van der Waals surface area contributed by atoms with Gasteiger partial charge in [0.25, 0.3) is 0 Å². The SMILES string of the molecule is OCCP(O)O. The molecule has 0 radical (unpaired) electrons. The Hall–Kier alpha value is 0.310. The first-order chi connectivity index (χ1) is 2.77. The van der Waals surface area contributed by atoms with Crippen molar-refractivity contribution < 1.29 is 14.9 Å². The third-order valence-electron chi connectivity index (χ3n) is 0.300. The van der Waals surface area contributed by atoms with Crippen LogP contribution in [-0.2, 0) is 0 Å². The van der Waals surface area contributed by atoms with Crippen molar-refractivity contribution in [2.24, 2.45) is 0 Å². The molecule has 0 atom stereocenters. The summed E-state index contributed by atoms with van der Waals surface area (Å²) in [6.45, 7) is -0.140. The molecule has 4 heteroatoms. The third-order valence-corrected chi connectivity index (χ3v) is 0.900. The lowest BCUT2D eigenvalue weighted by atomic mass is 10.9. The van der Waals surface area contributed by atoms with Crippen LogP contribution in [0.3, 0.4) is 0 Å². The highest BCUT2D eigenvalue weighted by atomic mass is 31.2. The maximum atomic E-state index is 8.01. The molecule has 0 aromatic carbocycles. The van der Waals surface area contributed by atoms with E-state index in [9.17, 15) is 0 Å². The zero-order valence-corrected chi connectivity index (χ0v) is 4.10. The molecular formula is C2H7O3P. The van der Waals surface area contributed by atoms with Gasteiger partial charge >= 0.3 is 0 Å². The van der Waals surface area contributed by atoms with Crippen molar-refractivity contribution in [3.8, 4) is 0 Å². The van der Waals surface area contributed by atoms with Gasteiger partial charge in [-0.1, -0.05) is 0 Å². The topological polar surface area (TPSA) is 60.7 Å². The highest BCUT2D eigenvalue weighted by Gasteiger charge is 1.91. The molecule has 0 aromatic rings. The van der Waals surface area contributed by atoms with E-state index in [2.05, 4.69) is 0 Å². The molecule has 0 aliphatic heterocycles. The second-order valence-electron chi connectivity index (χ2n) is 0.819. The molecule has 0 aliphatic rings. The van der Waals surface area contributed by atoms with Crippen LogP contribution in [0, 0.1) is 0 Å². The standard InChI is InChI=1S/C2H7O3P/c3-1-2-6(4)5/h3-5H,1-2H2. The van der Waals surface area contributed by atoms with Crippen LogP contribution >= 0.6 is 8.38 Å². The highest BCUT2D eigenvalue weighted by molar-refractivity contribution is 7.45. The second kappa shape index (κ2) is 3.50. The van der Waals surface area contributed by atoms with Gasteiger partial charge in [-0.25, -0.2) is 0 Å². The summed E-state index contributed by atoms with van der Waals surface area (Å²) in [4.78, 5) is 16.0. The van der Waals surface area contributed by atoms with Gasteiger partial charge in [0.2, 0.25) is 0 Å². The predicted molar refractivity (Wildman–Crippen MR) is 23.3 cm³/mol. The number of aliphatic hydroxyl groups is 1. The Balaban J connectivity index is 2.63. The third kappa shape index (κ3) is 4.31. The number of aliphatic hydroxyl groups excluding tert-OH is 1. The quantitative estimate of drug-likeness (QED) is 0.411. The minimum Gasteiger partial charge on any atom is -0.396 e. The number of hydrogen-bond donors (Lipinski definition) is 3. The van der Waals surface area contributed by atoms with Crippen LogP contribution in [0.25, 0.3) is 0 Å². The molecule has 3 nitrogen and oxygen atoms in total. The van der Waals surface area contributed by atoms with E-state index in [-0.39, 0.29) is 12.8 Å². The highest BCUT2D eigenvalue weighted by Crippen LogP contribution is 2.20. The zero-order valence-electron chi connectivity index (χ0n) is 3.20. The summed E-state index contributed by atoms with van der Waals surface area (Å²) < 4.78 is 0. The molecule has 6 heavy (non-hydrogen) atoms. The first-order valence-corrected chi connectivity index (χ1v) is 2.96. The van der Waals surface area contributed by atoms with Crippen LogP contribution in [0.2, 0.25) is 0 Å². The van der Waals surface area contributed by atoms with Gasteiger partial charge in [0.05, 0.1) is 6.61 Å². The summed E-state index contributed by atoms with van der Waals surface area (Å²) in [6.07, 6.45) is 0.106. The van der Waals surface area contributed by atoms with E-state index in [0.717, 1.165) is 0 Å². The van der Waals surface area contributed by atoms with Crippen molar-refractivity contribution in [2.75, 3.05) is 12.8 Å². The molecule has 0 rings (SSSR count). The maximum absolute atomic E-state index is 8.01. The average Bonchev–Trinajstić information content (AvgIpc) is 1.35. The van der Waals surface area contributed by atoms with E-state index in [0.29, 0.717) is 0 Å². The van der Waals surface area contributed by atoms with Crippen molar-refractivity contribution in [3.05, 3.63) is 0 Å². The van der Waals surface area contributed by atoms with Crippen LogP contribution in [0.4, 0.5) is 0 Å². The lowest BCUT2D eigenvalue weighted by molar-refractivity contribution is 0.313. The predicted octanol–water partition coefficient (Wildman–Crippen LogP) is -0.725. The Bertz CT molecular complexity index is 30.0. The van der Waals surface area contributed by atoms with Gasteiger partial charge in [0.15, 0.2) is 8.38 Å². The molecular weight excluding hydrogens is 103 g/mol. The van der Waals surface area contributed by atoms with Crippen molar-refractivity contribution in [1.29, 1.82) is 0 Å². The Morgan fingerprint density at radius 1 is 1.33 bits per heavy atom. The summed E-state index contributed by atoms with van der Waals surface area (Å²) in [5.41, 5.74) is 0. The van der Waals surface area contributed by atoms with Crippen LogP contribution in [0.5, 0.6) is 0 Å². The Labute approximate surface area is 37.2 Å². The number of rotatable bonds is 2. The minimum atomic E-state index is -1.85. The smallest absolute Gasteiger partial charge is 0.167 e. The van der Waals surface area contributed by atoms with Gasteiger partial charge in [-0.15, -0.1) is 0 Å². The fourth-order valence-corrected chi connectivity index (χ4v) is 0.268. The van der Waals surface area contributed by atoms with Gasteiger partial charge in [-0.2, -0.15) is 0 Å². The van der Waals surface area contributed by atoms with E-state index >= 15 is 0 Å². The molecule has 3 N–H and O–H groups in total. The van der Waals surface area contributed by atoms with Crippen molar-refractivity contribution in [1.82, 2.24) is 0 Å². The van der Waals surface area contributed by atoms with Crippen LogP contribution in [0.1, 0.15) is 0 Å². The van der Waals surface area contributed by atoms with E-state index in [1.54, 1.807) is 0 Å². The zero-order chi connectivity index (χ0) is 4.99. The average molecular weight is 110 g/mol. The van der Waals surface area contributed by atoms with E-state index in [4.69, 9.17) is 14.9 Å². The molecule has 0 bridgehead atoms. The summed E-state index contributed by atoms with van der Waals surface area (Å²) in [7, 11) is -1.85. The van der Waals surface area contributed by atoms with E-state index in [1.165, 1.54) is 0 Å². The lowest BCUT2D eigenvalue weighted by Gasteiger charge is -1.93. The molecule has 0 aromatic heterocycles. The first-order valence-electron chi connectivity index (χ1n) is 1.53. The molecule has 0 saturated heterocycles. The molecule has 0 heterocycles. The van der Waals surface area contributed by atoms with Gasteiger partial charge < -0.3 is 14.9 Å². The van der Waals surface area contributed by atoms with Gasteiger partial charge in [-0.05, 0) is 0 Å². The molecule has 38 valence electrons. The largest absolute Gasteiger partial charge is 0.396 e. The molecule has 0 unspecified atom stereocenters. The van der Waals surface area contributed by atoms with E-state index in [1.807, 2.05) is 0 Å². The van der Waals surface area contributed by atoms with Crippen LogP contribution in [-0.4, -0.2) is 27.7 Å². The second-order valence-corrected chi connectivity index (χ2v) is 2.01. The Morgan fingerprint density at radius 2 is 1.83 bits per heavy atom. The Kier molecular flexibility index (Phi) is 3.68. The molecule has 0 saturated carbocycles. The monoisotopic (exact) mass is 110 g/mol. The Morgan fingerprint density at radius 3 is 1.83 bits per heavy atom. The van der Waals surface area contributed by atoms with Crippen molar-refractivity contribution in [2.45, 2.75) is 0 Å². The molecule has 0 fully saturated rings. The number of hydrogen-bond acceptors (Lipinski definition) is 3. The molecule has 0 amide bonds. The lowest BCUT2D eigenvalue weighted by Crippen LogP contribution is -1.86. The van der Waals surface area contributed by atoms with Crippen LogP contribution in [0.15, 0.2) is 0 Å². The van der Waals surface area contributed by atoms with E-state index < -0.39 is 8.38 Å². The van der Waals surface area contributed by atoms with Crippen molar-refractivity contribution >= 4 is 8.38 Å². The first kappa shape index (κ1) is 6.31. The van der Waals surface area contributed by atoms with Crippen molar-refractivity contribution in [3.63, 3.8) is 0 Å². The maximum Gasteiger partial charge on any atom is 0.167 e. The van der Waals surface area contributed by atoms with Gasteiger partial charge in [-0.3, -0.25) is 0 Å². The van der Waals surface area contributed by atoms with Gasteiger partial charge in [0, 0.05) is 6.16 Å². The summed E-state index contributed by atoms with van der Waals surface area (Å²) in [5, 5.41) is 7.93. The fraction of sp³-hybridized carbons (Fsp3) is 1.00. The minimum absolute atomic E-state index is 0.106.